The Hall–Kier alpha value is -3.42. The van der Waals surface area contributed by atoms with Gasteiger partial charge >= 0.3 is 0 Å². The van der Waals surface area contributed by atoms with Gasteiger partial charge in [0, 0.05) is 45.1 Å². The zero-order valence-corrected chi connectivity index (χ0v) is 15.0. The maximum Gasteiger partial charge on any atom is 0.260 e. The van der Waals surface area contributed by atoms with Gasteiger partial charge in [-0.05, 0) is 24.3 Å². The van der Waals surface area contributed by atoms with Crippen molar-refractivity contribution in [3.05, 3.63) is 53.5 Å². The Morgan fingerprint density at radius 2 is 1.78 bits per heavy atom. The molecule has 0 amide bonds. The lowest BCUT2D eigenvalue weighted by Gasteiger charge is -2.36. The van der Waals surface area contributed by atoms with E-state index >= 15 is 0 Å². The minimum absolute atomic E-state index is 0.0179. The van der Waals surface area contributed by atoms with Crippen LogP contribution in [0.5, 0.6) is 0 Å². The molecule has 1 fully saturated rings. The fourth-order valence-corrected chi connectivity index (χ4v) is 3.68. The van der Waals surface area contributed by atoms with Crippen molar-refractivity contribution in [2.75, 3.05) is 36.0 Å². The number of nitrogens with zero attached hydrogens (tertiary/aromatic N) is 6. The highest BCUT2D eigenvalue weighted by Gasteiger charge is 2.21. The number of anilines is 2. The number of rotatable bonds is 2. The van der Waals surface area contributed by atoms with Gasteiger partial charge in [0.2, 0.25) is 0 Å². The standard InChI is InChI=1S/C19H19N7O/c1-24-12-23-16-10-13(2-3-14(16)19(24)27)25-6-8-26(9-7-25)18-15-4-5-20-17(15)21-11-22-18/h2-5,10-12H,6-9H2,1H3,(H,20,21,22). The Morgan fingerprint density at radius 3 is 2.63 bits per heavy atom. The third-order valence-electron chi connectivity index (χ3n) is 5.18. The van der Waals surface area contributed by atoms with Crippen molar-refractivity contribution in [2.24, 2.45) is 7.05 Å². The van der Waals surface area contributed by atoms with Crippen molar-refractivity contribution < 1.29 is 0 Å². The van der Waals surface area contributed by atoms with E-state index in [1.807, 2.05) is 30.5 Å². The van der Waals surface area contributed by atoms with E-state index < -0.39 is 0 Å². The smallest absolute Gasteiger partial charge is 0.260 e. The number of aryl methyl sites for hydroxylation is 1. The summed E-state index contributed by atoms with van der Waals surface area (Å²) in [5.41, 5.74) is 2.68. The lowest BCUT2D eigenvalue weighted by Crippen LogP contribution is -2.46. The van der Waals surface area contributed by atoms with Crippen LogP contribution in [0.4, 0.5) is 11.5 Å². The normalized spacial score (nSPS) is 15.0. The summed E-state index contributed by atoms with van der Waals surface area (Å²) in [6.07, 6.45) is 5.07. The molecule has 0 aliphatic carbocycles. The van der Waals surface area contributed by atoms with E-state index in [0.29, 0.717) is 5.39 Å². The number of piperazine rings is 1. The highest BCUT2D eigenvalue weighted by Crippen LogP contribution is 2.25. The van der Waals surface area contributed by atoms with Crippen LogP contribution in [0.1, 0.15) is 0 Å². The second kappa shape index (κ2) is 6.08. The molecule has 0 unspecified atom stereocenters. The second-order valence-electron chi connectivity index (χ2n) is 6.77. The maximum absolute atomic E-state index is 12.2. The molecule has 8 nitrogen and oxygen atoms in total. The number of nitrogens with one attached hydrogen (secondary N) is 1. The zero-order valence-electron chi connectivity index (χ0n) is 15.0. The number of aromatic nitrogens is 5. The molecule has 8 heteroatoms. The maximum atomic E-state index is 12.2. The average Bonchev–Trinajstić information content (AvgIpc) is 3.20. The van der Waals surface area contributed by atoms with Gasteiger partial charge in [-0.3, -0.25) is 4.79 Å². The monoisotopic (exact) mass is 361 g/mol. The summed E-state index contributed by atoms with van der Waals surface area (Å²) in [6.45, 7) is 3.51. The Bertz CT molecular complexity index is 1190. The van der Waals surface area contributed by atoms with Gasteiger partial charge in [0.25, 0.3) is 5.56 Å². The van der Waals surface area contributed by atoms with Crippen molar-refractivity contribution in [1.82, 2.24) is 24.5 Å². The molecular formula is C19H19N7O. The first-order valence-electron chi connectivity index (χ1n) is 8.94. The van der Waals surface area contributed by atoms with Crippen molar-refractivity contribution in [2.45, 2.75) is 0 Å². The van der Waals surface area contributed by atoms with E-state index in [2.05, 4.69) is 29.7 Å². The number of hydrogen-bond acceptors (Lipinski definition) is 6. The number of H-pyrrole nitrogens is 1. The van der Waals surface area contributed by atoms with E-state index in [1.54, 1.807) is 19.7 Å². The summed E-state index contributed by atoms with van der Waals surface area (Å²) in [6, 6.07) is 7.91. The predicted octanol–water partition coefficient (Wildman–Crippen LogP) is 1.53. The van der Waals surface area contributed by atoms with Crippen LogP contribution in [-0.2, 0) is 7.05 Å². The van der Waals surface area contributed by atoms with Crippen molar-refractivity contribution >= 4 is 33.4 Å². The van der Waals surface area contributed by atoms with E-state index in [0.717, 1.165) is 54.2 Å². The summed E-state index contributed by atoms with van der Waals surface area (Å²) < 4.78 is 1.50. The van der Waals surface area contributed by atoms with Gasteiger partial charge in [-0.2, -0.15) is 0 Å². The third kappa shape index (κ3) is 2.61. The van der Waals surface area contributed by atoms with E-state index in [-0.39, 0.29) is 5.56 Å². The first-order chi connectivity index (χ1) is 13.2. The van der Waals surface area contributed by atoms with Gasteiger partial charge in [-0.1, -0.05) is 0 Å². The average molecular weight is 361 g/mol. The van der Waals surface area contributed by atoms with Crippen LogP contribution in [0.15, 0.2) is 47.9 Å². The molecule has 1 aliphatic rings. The van der Waals surface area contributed by atoms with Crippen LogP contribution in [0, 0.1) is 0 Å². The Kier molecular flexibility index (Phi) is 3.56. The molecule has 0 spiro atoms. The van der Waals surface area contributed by atoms with Crippen molar-refractivity contribution in [1.29, 1.82) is 0 Å². The third-order valence-corrected chi connectivity index (χ3v) is 5.18. The molecule has 1 aromatic carbocycles. The molecule has 0 radical (unpaired) electrons. The number of benzene rings is 1. The molecular weight excluding hydrogens is 342 g/mol. The van der Waals surface area contributed by atoms with Crippen molar-refractivity contribution in [3.63, 3.8) is 0 Å². The number of aromatic amines is 1. The van der Waals surface area contributed by atoms with Crippen LogP contribution in [0.2, 0.25) is 0 Å². The molecule has 3 aromatic heterocycles. The largest absolute Gasteiger partial charge is 0.368 e. The highest BCUT2D eigenvalue weighted by atomic mass is 16.1. The van der Waals surface area contributed by atoms with Crippen LogP contribution in [-0.4, -0.2) is 50.7 Å². The predicted molar refractivity (Wildman–Crippen MR) is 105 cm³/mol. The van der Waals surface area contributed by atoms with E-state index in [9.17, 15) is 4.79 Å². The second-order valence-corrected chi connectivity index (χ2v) is 6.77. The first kappa shape index (κ1) is 15.8. The fourth-order valence-electron chi connectivity index (χ4n) is 3.68. The van der Waals surface area contributed by atoms with E-state index in [1.165, 1.54) is 4.57 Å². The lowest BCUT2D eigenvalue weighted by atomic mass is 10.2. The van der Waals surface area contributed by atoms with Gasteiger partial charge in [-0.15, -0.1) is 0 Å². The fraction of sp³-hybridized carbons (Fsp3) is 0.263. The van der Waals surface area contributed by atoms with Crippen molar-refractivity contribution in [3.8, 4) is 0 Å². The summed E-state index contributed by atoms with van der Waals surface area (Å²) >= 11 is 0. The molecule has 5 rings (SSSR count). The number of fused-ring (bicyclic) bond motifs is 2. The van der Waals surface area contributed by atoms with Crippen LogP contribution >= 0.6 is 0 Å². The molecule has 27 heavy (non-hydrogen) atoms. The minimum Gasteiger partial charge on any atom is -0.368 e. The Balaban J connectivity index is 1.39. The molecule has 136 valence electrons. The zero-order chi connectivity index (χ0) is 18.4. The molecule has 1 saturated heterocycles. The van der Waals surface area contributed by atoms with Gasteiger partial charge in [0.1, 0.15) is 17.8 Å². The minimum atomic E-state index is -0.0179. The van der Waals surface area contributed by atoms with Gasteiger partial charge < -0.3 is 19.4 Å². The van der Waals surface area contributed by atoms with Gasteiger partial charge in [-0.25, -0.2) is 15.0 Å². The van der Waals surface area contributed by atoms with Gasteiger partial charge in [0.15, 0.2) is 0 Å². The first-order valence-corrected chi connectivity index (χ1v) is 8.94. The summed E-state index contributed by atoms with van der Waals surface area (Å²) in [7, 11) is 1.72. The van der Waals surface area contributed by atoms with E-state index in [4.69, 9.17) is 0 Å². The molecule has 0 saturated carbocycles. The number of hydrogen-bond donors (Lipinski definition) is 1. The summed E-state index contributed by atoms with van der Waals surface area (Å²) in [4.78, 5) is 33.1. The van der Waals surface area contributed by atoms with Crippen LogP contribution in [0.3, 0.4) is 0 Å². The summed E-state index contributed by atoms with van der Waals surface area (Å²) in [5.74, 6) is 0.976. The topological polar surface area (TPSA) is 82.9 Å². The molecule has 1 aliphatic heterocycles. The quantitative estimate of drug-likeness (QED) is 0.583. The summed E-state index contributed by atoms with van der Waals surface area (Å²) in [5, 5.41) is 1.70. The molecule has 0 atom stereocenters. The lowest BCUT2D eigenvalue weighted by molar-refractivity contribution is 0.649. The van der Waals surface area contributed by atoms with Crippen LogP contribution < -0.4 is 15.4 Å². The van der Waals surface area contributed by atoms with Crippen LogP contribution in [0.25, 0.3) is 21.9 Å². The molecule has 4 aromatic rings. The Morgan fingerprint density at radius 1 is 0.963 bits per heavy atom. The molecule has 1 N–H and O–H groups in total. The highest BCUT2D eigenvalue weighted by molar-refractivity contribution is 5.87. The Labute approximate surface area is 155 Å². The molecule has 4 heterocycles. The molecule has 0 bridgehead atoms. The SMILES string of the molecule is Cn1cnc2cc(N3CCN(c4ncnc5[nH]ccc45)CC3)ccc2c1=O. The van der Waals surface area contributed by atoms with Gasteiger partial charge in [0.05, 0.1) is 22.6 Å².